The van der Waals surface area contributed by atoms with Crippen LogP contribution in [0.1, 0.15) is 43.2 Å². The number of hydrogen-bond donors (Lipinski definition) is 1. The van der Waals surface area contributed by atoms with Crippen LogP contribution in [0.5, 0.6) is 0 Å². The smallest absolute Gasteiger partial charge is 0.225 e. The van der Waals surface area contributed by atoms with E-state index in [1.54, 1.807) is 11.0 Å². The van der Waals surface area contributed by atoms with E-state index in [2.05, 4.69) is 5.32 Å². The van der Waals surface area contributed by atoms with E-state index in [0.29, 0.717) is 38.9 Å². The van der Waals surface area contributed by atoms with Gasteiger partial charge in [-0.15, -0.1) is 0 Å². The number of amides is 3. The Kier molecular flexibility index (Phi) is 6.65. The SMILES string of the molecule is Cc1ccc(F)cc1CNC(=O)[C@H]1CCC(=O)N(CCCN2CCCC2=O)C1. The van der Waals surface area contributed by atoms with Gasteiger partial charge in [-0.3, -0.25) is 14.4 Å². The quantitative estimate of drug-likeness (QED) is 0.776. The standard InChI is InChI=1S/C21H28FN3O3/c1-15-5-7-18(22)12-17(15)13-23-21(28)16-6-8-20(27)25(14-16)11-3-10-24-9-2-4-19(24)26/h5,7,12,16H,2-4,6,8-11,13-14H2,1H3,(H,23,28)/t16-/m0/s1. The molecule has 0 spiro atoms. The summed E-state index contributed by atoms with van der Waals surface area (Å²) < 4.78 is 13.4. The second-order valence-electron chi connectivity index (χ2n) is 7.70. The van der Waals surface area contributed by atoms with Gasteiger partial charge in [0.15, 0.2) is 0 Å². The van der Waals surface area contributed by atoms with Crippen LogP contribution in [0.25, 0.3) is 0 Å². The van der Waals surface area contributed by atoms with Gasteiger partial charge in [-0.25, -0.2) is 4.39 Å². The summed E-state index contributed by atoms with van der Waals surface area (Å²) in [6, 6.07) is 4.54. The third-order valence-corrected chi connectivity index (χ3v) is 5.66. The van der Waals surface area contributed by atoms with Gasteiger partial charge in [-0.2, -0.15) is 0 Å². The maximum absolute atomic E-state index is 13.4. The average Bonchev–Trinajstić information content (AvgIpc) is 3.08. The average molecular weight is 389 g/mol. The summed E-state index contributed by atoms with van der Waals surface area (Å²) in [6.07, 6.45) is 3.16. The zero-order valence-electron chi connectivity index (χ0n) is 16.4. The molecule has 1 aromatic carbocycles. The van der Waals surface area contributed by atoms with Crippen molar-refractivity contribution in [1.29, 1.82) is 0 Å². The predicted molar refractivity (Wildman–Crippen MR) is 103 cm³/mol. The number of carbonyl (C=O) groups excluding carboxylic acids is 3. The molecular weight excluding hydrogens is 361 g/mol. The minimum Gasteiger partial charge on any atom is -0.352 e. The van der Waals surface area contributed by atoms with Crippen LogP contribution in [0.4, 0.5) is 4.39 Å². The van der Waals surface area contributed by atoms with Crippen molar-refractivity contribution in [3.05, 3.63) is 35.1 Å². The summed E-state index contributed by atoms with van der Waals surface area (Å²) in [7, 11) is 0. The van der Waals surface area contributed by atoms with Crippen molar-refractivity contribution in [2.45, 2.75) is 45.6 Å². The molecule has 1 atom stereocenters. The highest BCUT2D eigenvalue weighted by Crippen LogP contribution is 2.19. The summed E-state index contributed by atoms with van der Waals surface area (Å²) >= 11 is 0. The van der Waals surface area contributed by atoms with E-state index < -0.39 is 0 Å². The fourth-order valence-corrected chi connectivity index (χ4v) is 3.90. The molecule has 7 heteroatoms. The lowest BCUT2D eigenvalue weighted by Crippen LogP contribution is -2.46. The third kappa shape index (κ3) is 5.09. The molecular formula is C21H28FN3O3. The van der Waals surface area contributed by atoms with Crippen molar-refractivity contribution in [2.24, 2.45) is 5.92 Å². The summed E-state index contributed by atoms with van der Waals surface area (Å²) in [5.41, 5.74) is 1.69. The lowest BCUT2D eigenvalue weighted by molar-refractivity contribution is -0.138. The van der Waals surface area contributed by atoms with E-state index in [1.807, 2.05) is 11.8 Å². The number of piperidine rings is 1. The second kappa shape index (κ2) is 9.17. The molecule has 6 nitrogen and oxygen atoms in total. The molecule has 3 amide bonds. The topological polar surface area (TPSA) is 69.7 Å². The highest BCUT2D eigenvalue weighted by molar-refractivity contribution is 5.83. The van der Waals surface area contributed by atoms with Gasteiger partial charge >= 0.3 is 0 Å². The fraction of sp³-hybridized carbons (Fsp3) is 0.571. The largest absolute Gasteiger partial charge is 0.352 e. The first-order valence-electron chi connectivity index (χ1n) is 10.0. The first-order valence-corrected chi connectivity index (χ1v) is 10.0. The lowest BCUT2D eigenvalue weighted by Gasteiger charge is -2.32. The molecule has 0 aliphatic carbocycles. The van der Waals surface area contributed by atoms with Gasteiger partial charge in [0.1, 0.15) is 5.82 Å². The first-order chi connectivity index (χ1) is 13.4. The van der Waals surface area contributed by atoms with Gasteiger partial charge in [0.2, 0.25) is 17.7 Å². The van der Waals surface area contributed by atoms with E-state index in [4.69, 9.17) is 0 Å². The Morgan fingerprint density at radius 3 is 2.68 bits per heavy atom. The minimum atomic E-state index is -0.319. The van der Waals surface area contributed by atoms with Gasteiger partial charge in [0.05, 0.1) is 5.92 Å². The highest BCUT2D eigenvalue weighted by atomic mass is 19.1. The molecule has 2 heterocycles. The molecule has 0 saturated carbocycles. The molecule has 28 heavy (non-hydrogen) atoms. The Labute approximate surface area is 165 Å². The number of halogens is 1. The molecule has 1 aromatic rings. The summed E-state index contributed by atoms with van der Waals surface area (Å²) in [5, 5.41) is 2.88. The Hall–Kier alpha value is -2.44. The normalized spacial score (nSPS) is 20.0. The molecule has 0 unspecified atom stereocenters. The van der Waals surface area contributed by atoms with Gasteiger partial charge in [0, 0.05) is 45.6 Å². The van der Waals surface area contributed by atoms with Crippen molar-refractivity contribution in [1.82, 2.24) is 15.1 Å². The number of nitrogens with one attached hydrogen (secondary N) is 1. The molecule has 1 N–H and O–H groups in total. The van der Waals surface area contributed by atoms with Crippen LogP contribution >= 0.6 is 0 Å². The molecule has 0 bridgehead atoms. The molecule has 0 aromatic heterocycles. The third-order valence-electron chi connectivity index (χ3n) is 5.66. The maximum Gasteiger partial charge on any atom is 0.225 e. The van der Waals surface area contributed by atoms with E-state index in [0.717, 1.165) is 30.5 Å². The van der Waals surface area contributed by atoms with Crippen LogP contribution in [0.2, 0.25) is 0 Å². The zero-order valence-corrected chi connectivity index (χ0v) is 16.4. The number of nitrogens with zero attached hydrogens (tertiary/aromatic N) is 2. The van der Waals surface area contributed by atoms with Crippen LogP contribution in [-0.2, 0) is 20.9 Å². The summed E-state index contributed by atoms with van der Waals surface area (Å²) in [4.78, 5) is 40.0. The van der Waals surface area contributed by atoms with Gasteiger partial charge < -0.3 is 15.1 Å². The Bertz CT molecular complexity index is 752. The molecule has 152 valence electrons. The molecule has 2 aliphatic heterocycles. The molecule has 2 fully saturated rings. The zero-order chi connectivity index (χ0) is 20.1. The number of likely N-dealkylation sites (tertiary alicyclic amines) is 2. The first kappa shape index (κ1) is 20.3. The van der Waals surface area contributed by atoms with E-state index in [9.17, 15) is 18.8 Å². The second-order valence-corrected chi connectivity index (χ2v) is 7.70. The van der Waals surface area contributed by atoms with Crippen LogP contribution in [0.3, 0.4) is 0 Å². The van der Waals surface area contributed by atoms with Crippen LogP contribution < -0.4 is 5.32 Å². The number of carbonyl (C=O) groups is 3. The summed E-state index contributed by atoms with van der Waals surface area (Å²) in [6.45, 7) is 4.60. The summed E-state index contributed by atoms with van der Waals surface area (Å²) in [5.74, 6) is -0.413. The number of hydrogen-bond acceptors (Lipinski definition) is 3. The van der Waals surface area contributed by atoms with Crippen molar-refractivity contribution < 1.29 is 18.8 Å². The monoisotopic (exact) mass is 389 g/mol. The van der Waals surface area contributed by atoms with E-state index >= 15 is 0 Å². The molecule has 2 aliphatic rings. The molecule has 2 saturated heterocycles. The highest BCUT2D eigenvalue weighted by Gasteiger charge is 2.30. The number of benzene rings is 1. The van der Waals surface area contributed by atoms with Crippen molar-refractivity contribution in [3.63, 3.8) is 0 Å². The van der Waals surface area contributed by atoms with Crippen LogP contribution in [0, 0.1) is 18.7 Å². The Morgan fingerprint density at radius 1 is 1.18 bits per heavy atom. The maximum atomic E-state index is 13.4. The fourth-order valence-electron chi connectivity index (χ4n) is 3.90. The molecule has 0 radical (unpaired) electrons. The predicted octanol–water partition coefficient (Wildman–Crippen LogP) is 2.00. The number of rotatable bonds is 7. The minimum absolute atomic E-state index is 0.0674. The van der Waals surface area contributed by atoms with Crippen molar-refractivity contribution in [3.8, 4) is 0 Å². The van der Waals surface area contributed by atoms with Gasteiger partial charge in [-0.05, 0) is 49.4 Å². The van der Waals surface area contributed by atoms with Crippen molar-refractivity contribution in [2.75, 3.05) is 26.2 Å². The lowest BCUT2D eigenvalue weighted by atomic mass is 9.96. The van der Waals surface area contributed by atoms with Crippen LogP contribution in [0.15, 0.2) is 18.2 Å². The Morgan fingerprint density at radius 2 is 1.93 bits per heavy atom. The molecule has 3 rings (SSSR count). The van der Waals surface area contributed by atoms with Crippen molar-refractivity contribution >= 4 is 17.7 Å². The number of aryl methyl sites for hydroxylation is 1. The van der Waals surface area contributed by atoms with Gasteiger partial charge in [0.25, 0.3) is 0 Å². The van der Waals surface area contributed by atoms with E-state index in [1.165, 1.54) is 12.1 Å². The Balaban J connectivity index is 1.47. The van der Waals surface area contributed by atoms with Crippen LogP contribution in [-0.4, -0.2) is 53.7 Å². The van der Waals surface area contributed by atoms with Gasteiger partial charge in [-0.1, -0.05) is 6.07 Å². The van der Waals surface area contributed by atoms with E-state index in [-0.39, 0.29) is 36.0 Å².